The maximum Gasteiger partial charge on any atom is 0.305 e. The van der Waals surface area contributed by atoms with Crippen molar-refractivity contribution in [3.63, 3.8) is 0 Å². The van der Waals surface area contributed by atoms with Crippen LogP contribution in [0.5, 0.6) is 5.75 Å². The lowest BCUT2D eigenvalue weighted by atomic mass is 10.1. The van der Waals surface area contributed by atoms with Crippen LogP contribution in [0.4, 0.5) is 0 Å². The van der Waals surface area contributed by atoms with Gasteiger partial charge in [0.15, 0.2) is 0 Å². The van der Waals surface area contributed by atoms with Crippen LogP contribution in [0.2, 0.25) is 5.02 Å². The first-order valence-corrected chi connectivity index (χ1v) is 12.6. The zero-order valence-electron chi connectivity index (χ0n) is 17.9. The summed E-state index contributed by atoms with van der Waals surface area (Å²) < 4.78 is 35.8. The van der Waals surface area contributed by atoms with E-state index in [0.29, 0.717) is 49.7 Å². The summed E-state index contributed by atoms with van der Waals surface area (Å²) in [6.07, 6.45) is 5.03. The van der Waals surface area contributed by atoms with Crippen molar-refractivity contribution >= 4 is 27.6 Å². The van der Waals surface area contributed by atoms with E-state index in [1.54, 1.807) is 31.2 Å². The van der Waals surface area contributed by atoms with Crippen molar-refractivity contribution in [3.05, 3.63) is 29.3 Å². The molecule has 1 N–H and O–H groups in total. The normalized spacial score (nSPS) is 12.7. The molecule has 9 heteroatoms. The fourth-order valence-corrected chi connectivity index (χ4v) is 4.03. The molecular formula is C21H34ClNO6S. The van der Waals surface area contributed by atoms with Gasteiger partial charge in [0, 0.05) is 19.5 Å². The van der Waals surface area contributed by atoms with E-state index in [9.17, 15) is 18.3 Å². The number of sulfonamides is 1. The summed E-state index contributed by atoms with van der Waals surface area (Å²) in [5.41, 5.74) is 0. The molecule has 0 saturated heterocycles. The molecule has 1 atom stereocenters. The Morgan fingerprint density at radius 3 is 2.47 bits per heavy atom. The van der Waals surface area contributed by atoms with E-state index in [0.717, 1.165) is 25.7 Å². The first-order valence-electron chi connectivity index (χ1n) is 10.4. The van der Waals surface area contributed by atoms with Gasteiger partial charge in [0.25, 0.3) is 0 Å². The van der Waals surface area contributed by atoms with E-state index in [4.69, 9.17) is 21.1 Å². The molecular weight excluding hydrogens is 430 g/mol. The molecule has 0 fully saturated rings. The van der Waals surface area contributed by atoms with Crippen molar-refractivity contribution in [2.24, 2.45) is 0 Å². The number of carbonyl (C=O) groups excluding carboxylic acids is 1. The van der Waals surface area contributed by atoms with Crippen molar-refractivity contribution in [1.29, 1.82) is 0 Å². The number of aliphatic hydroxyl groups excluding tert-OH is 1. The van der Waals surface area contributed by atoms with Crippen LogP contribution in [0.25, 0.3) is 0 Å². The lowest BCUT2D eigenvalue weighted by molar-refractivity contribution is -0.143. The molecule has 30 heavy (non-hydrogen) atoms. The van der Waals surface area contributed by atoms with Gasteiger partial charge in [-0.2, -0.15) is 0 Å². The maximum absolute atomic E-state index is 12.0. The van der Waals surface area contributed by atoms with Crippen LogP contribution in [-0.2, 0) is 19.6 Å². The summed E-state index contributed by atoms with van der Waals surface area (Å²) in [5.74, 6) is 0.325. The molecule has 0 bridgehead atoms. The first kappa shape index (κ1) is 26.7. The quantitative estimate of drug-likeness (QED) is 0.297. The van der Waals surface area contributed by atoms with Gasteiger partial charge in [-0.25, -0.2) is 12.7 Å². The molecule has 1 aromatic carbocycles. The second-order valence-electron chi connectivity index (χ2n) is 7.17. The number of benzene rings is 1. The Balaban J connectivity index is 2.26. The van der Waals surface area contributed by atoms with E-state index >= 15 is 0 Å². The molecule has 1 aromatic rings. The van der Waals surface area contributed by atoms with Gasteiger partial charge in [-0.3, -0.25) is 4.79 Å². The molecule has 0 spiro atoms. The van der Waals surface area contributed by atoms with Crippen molar-refractivity contribution < 1.29 is 27.8 Å². The zero-order valence-corrected chi connectivity index (χ0v) is 19.5. The minimum Gasteiger partial charge on any atom is -0.489 e. The van der Waals surface area contributed by atoms with Crippen molar-refractivity contribution in [2.45, 2.75) is 58.0 Å². The van der Waals surface area contributed by atoms with Gasteiger partial charge < -0.3 is 14.6 Å². The first-order chi connectivity index (χ1) is 14.2. The molecule has 0 saturated carbocycles. The van der Waals surface area contributed by atoms with E-state index < -0.39 is 16.1 Å². The van der Waals surface area contributed by atoms with Gasteiger partial charge in [-0.15, -0.1) is 0 Å². The highest BCUT2D eigenvalue weighted by Gasteiger charge is 2.17. The predicted molar refractivity (Wildman–Crippen MR) is 118 cm³/mol. The average Bonchev–Trinajstić information content (AvgIpc) is 2.68. The fourth-order valence-electron chi connectivity index (χ4n) is 2.92. The topological polar surface area (TPSA) is 93.1 Å². The number of hydrogen-bond acceptors (Lipinski definition) is 6. The molecule has 7 nitrogen and oxygen atoms in total. The Bertz CT molecular complexity index is 728. The Hall–Kier alpha value is -1.35. The maximum atomic E-state index is 12.0. The number of ether oxygens (including phenoxy) is 2. The van der Waals surface area contributed by atoms with Crippen LogP contribution in [0, 0.1) is 0 Å². The van der Waals surface area contributed by atoms with E-state index in [2.05, 4.69) is 0 Å². The summed E-state index contributed by atoms with van der Waals surface area (Å²) in [6, 6.07) is 7.04. The number of carbonyl (C=O) groups is 1. The second kappa shape index (κ2) is 14.6. The van der Waals surface area contributed by atoms with Crippen LogP contribution in [0.3, 0.4) is 0 Å². The highest BCUT2D eigenvalue weighted by Crippen LogP contribution is 2.23. The minimum atomic E-state index is -3.31. The third kappa shape index (κ3) is 11.7. The molecule has 0 radical (unpaired) electrons. The Morgan fingerprint density at radius 2 is 1.80 bits per heavy atom. The number of para-hydroxylation sites is 1. The molecule has 0 aromatic heterocycles. The zero-order chi connectivity index (χ0) is 22.4. The lowest BCUT2D eigenvalue weighted by Crippen LogP contribution is -2.32. The van der Waals surface area contributed by atoms with Gasteiger partial charge in [0.2, 0.25) is 10.0 Å². The monoisotopic (exact) mass is 463 g/mol. The SMILES string of the molecule is CCOC(=O)CCCCCCN(CCCC(O)COc1ccccc1Cl)S(C)(=O)=O. The Labute approximate surface area is 185 Å². The smallest absolute Gasteiger partial charge is 0.305 e. The van der Waals surface area contributed by atoms with E-state index in [1.807, 2.05) is 0 Å². The number of unbranched alkanes of at least 4 members (excludes halogenated alkanes) is 3. The Kier molecular flexibility index (Phi) is 13.0. The standard InChI is InChI=1S/C21H34ClNO6S/c1-3-28-21(25)14-6-4-5-9-15-23(30(2,26)27)16-10-11-18(24)17-29-20-13-8-7-12-19(20)22/h7-8,12-13,18,24H,3-6,9-11,14-17H2,1-2H3. The van der Waals surface area contributed by atoms with Crippen LogP contribution in [0.1, 0.15) is 51.9 Å². The molecule has 172 valence electrons. The highest BCUT2D eigenvalue weighted by molar-refractivity contribution is 7.88. The molecule has 0 aliphatic heterocycles. The summed E-state index contributed by atoms with van der Waals surface area (Å²) in [5, 5.41) is 10.6. The van der Waals surface area contributed by atoms with E-state index in [1.165, 1.54) is 10.6 Å². The van der Waals surface area contributed by atoms with Crippen molar-refractivity contribution in [3.8, 4) is 5.75 Å². The predicted octanol–water partition coefficient (Wildman–Crippen LogP) is 3.64. The number of rotatable bonds is 16. The number of aliphatic hydroxyl groups is 1. The largest absolute Gasteiger partial charge is 0.489 e. The van der Waals surface area contributed by atoms with Crippen molar-refractivity contribution in [1.82, 2.24) is 4.31 Å². The van der Waals surface area contributed by atoms with Crippen LogP contribution >= 0.6 is 11.6 Å². The van der Waals surface area contributed by atoms with Crippen LogP contribution in [0.15, 0.2) is 24.3 Å². The summed E-state index contributed by atoms with van der Waals surface area (Å²) in [6.45, 7) is 3.06. The number of hydrogen-bond donors (Lipinski definition) is 1. The summed E-state index contributed by atoms with van der Waals surface area (Å²) in [7, 11) is -3.31. The molecule has 0 aliphatic carbocycles. The Morgan fingerprint density at radius 1 is 1.13 bits per heavy atom. The molecule has 0 aliphatic rings. The average molecular weight is 464 g/mol. The third-order valence-corrected chi connectivity index (χ3v) is 6.14. The van der Waals surface area contributed by atoms with Crippen LogP contribution < -0.4 is 4.74 Å². The molecule has 1 unspecified atom stereocenters. The lowest BCUT2D eigenvalue weighted by Gasteiger charge is -2.21. The number of esters is 1. The molecule has 0 amide bonds. The highest BCUT2D eigenvalue weighted by atomic mass is 35.5. The third-order valence-electron chi connectivity index (χ3n) is 4.53. The summed E-state index contributed by atoms with van der Waals surface area (Å²) in [4.78, 5) is 11.3. The van der Waals surface area contributed by atoms with Gasteiger partial charge >= 0.3 is 5.97 Å². The van der Waals surface area contributed by atoms with Gasteiger partial charge in [0.05, 0.1) is 24.0 Å². The second-order valence-corrected chi connectivity index (χ2v) is 9.56. The van der Waals surface area contributed by atoms with Gasteiger partial charge in [0.1, 0.15) is 12.4 Å². The number of halogens is 1. The summed E-state index contributed by atoms with van der Waals surface area (Å²) >= 11 is 6.01. The molecule has 1 rings (SSSR count). The minimum absolute atomic E-state index is 0.100. The molecule has 0 heterocycles. The van der Waals surface area contributed by atoms with Crippen LogP contribution in [-0.4, -0.2) is 62.5 Å². The van der Waals surface area contributed by atoms with Gasteiger partial charge in [-0.05, 0) is 44.7 Å². The van der Waals surface area contributed by atoms with Crippen molar-refractivity contribution in [2.75, 3.05) is 32.6 Å². The van der Waals surface area contributed by atoms with E-state index in [-0.39, 0.29) is 12.6 Å². The van der Waals surface area contributed by atoms with Gasteiger partial charge in [-0.1, -0.05) is 36.6 Å². The number of nitrogens with zero attached hydrogens (tertiary/aromatic N) is 1. The fraction of sp³-hybridized carbons (Fsp3) is 0.667.